The highest BCUT2D eigenvalue weighted by Gasteiger charge is 2.41. The minimum Gasteiger partial charge on any atom is -0.373 e. The van der Waals surface area contributed by atoms with Crippen molar-refractivity contribution in [2.45, 2.75) is 37.8 Å². The van der Waals surface area contributed by atoms with Crippen molar-refractivity contribution in [2.24, 2.45) is 0 Å². The molecule has 1 spiro atoms. The van der Waals surface area contributed by atoms with E-state index >= 15 is 0 Å². The highest BCUT2D eigenvalue weighted by atomic mass is 35.5. The second kappa shape index (κ2) is 6.03. The van der Waals surface area contributed by atoms with Crippen molar-refractivity contribution in [1.29, 1.82) is 0 Å². The van der Waals surface area contributed by atoms with Crippen molar-refractivity contribution in [3.8, 4) is 0 Å². The molecule has 19 heavy (non-hydrogen) atoms. The van der Waals surface area contributed by atoms with Crippen molar-refractivity contribution < 1.29 is 4.74 Å². The molecule has 2 saturated heterocycles. The van der Waals surface area contributed by atoms with Crippen LogP contribution in [0.1, 0.15) is 24.8 Å². The Bertz CT molecular complexity index is 406. The van der Waals surface area contributed by atoms with Crippen LogP contribution in [0.4, 0.5) is 5.95 Å². The summed E-state index contributed by atoms with van der Waals surface area (Å²) in [6.45, 7) is 4.88. The number of hydrogen-bond donors (Lipinski definition) is 2. The van der Waals surface area contributed by atoms with E-state index in [1.165, 1.54) is 0 Å². The van der Waals surface area contributed by atoms with Gasteiger partial charge in [0.1, 0.15) is 0 Å². The number of aryl methyl sites for hydroxylation is 1. The second-order valence-corrected chi connectivity index (χ2v) is 5.37. The molecule has 3 heterocycles. The first-order valence-corrected chi connectivity index (χ1v) is 6.66. The lowest BCUT2D eigenvalue weighted by atomic mass is 9.88. The average Bonchev–Trinajstić information content (AvgIpc) is 2.76. The van der Waals surface area contributed by atoms with Crippen molar-refractivity contribution in [3.05, 3.63) is 18.0 Å². The van der Waals surface area contributed by atoms with Gasteiger partial charge in [0.2, 0.25) is 5.95 Å². The molecule has 2 aliphatic rings. The summed E-state index contributed by atoms with van der Waals surface area (Å²) >= 11 is 0. The van der Waals surface area contributed by atoms with Crippen LogP contribution in [0.15, 0.2) is 12.4 Å². The Labute approximate surface area is 120 Å². The standard InChI is InChI=1S/C13H20N4O.ClH/c1-10-7-15-12(16-8-10)17-11-6-13(18-9-11)2-4-14-5-3-13;/h7-8,11,14H,2-6,9H2,1H3,(H,15,16,17);1H. The summed E-state index contributed by atoms with van der Waals surface area (Å²) in [5, 5.41) is 6.75. The van der Waals surface area contributed by atoms with Crippen LogP contribution < -0.4 is 10.6 Å². The lowest BCUT2D eigenvalue weighted by Crippen LogP contribution is -2.41. The molecule has 1 aromatic rings. The Morgan fingerprint density at radius 3 is 2.68 bits per heavy atom. The van der Waals surface area contributed by atoms with Crippen molar-refractivity contribution >= 4 is 18.4 Å². The third-order valence-electron chi connectivity index (χ3n) is 3.84. The number of anilines is 1. The number of nitrogens with one attached hydrogen (secondary N) is 2. The van der Waals surface area contributed by atoms with Gasteiger partial charge in [0.25, 0.3) is 0 Å². The van der Waals surface area contributed by atoms with Crippen molar-refractivity contribution in [1.82, 2.24) is 15.3 Å². The molecule has 1 aromatic heterocycles. The molecule has 3 rings (SSSR count). The second-order valence-electron chi connectivity index (χ2n) is 5.37. The largest absolute Gasteiger partial charge is 0.373 e. The zero-order valence-electron chi connectivity index (χ0n) is 11.2. The molecule has 106 valence electrons. The van der Waals surface area contributed by atoms with E-state index < -0.39 is 0 Å². The minimum atomic E-state index is 0. The van der Waals surface area contributed by atoms with Gasteiger partial charge in [0.05, 0.1) is 18.2 Å². The van der Waals surface area contributed by atoms with E-state index in [9.17, 15) is 0 Å². The molecule has 5 nitrogen and oxygen atoms in total. The number of halogens is 1. The zero-order valence-corrected chi connectivity index (χ0v) is 12.0. The maximum absolute atomic E-state index is 6.03. The molecule has 6 heteroatoms. The summed E-state index contributed by atoms with van der Waals surface area (Å²) in [4.78, 5) is 8.57. The lowest BCUT2D eigenvalue weighted by molar-refractivity contribution is -0.0192. The normalized spacial score (nSPS) is 25.0. The molecule has 1 atom stereocenters. The van der Waals surface area contributed by atoms with Gasteiger partial charge < -0.3 is 15.4 Å². The van der Waals surface area contributed by atoms with Gasteiger partial charge in [-0.1, -0.05) is 0 Å². The molecule has 0 amide bonds. The topological polar surface area (TPSA) is 59.1 Å². The van der Waals surface area contributed by atoms with Crippen LogP contribution in [0, 0.1) is 6.92 Å². The third-order valence-corrected chi connectivity index (χ3v) is 3.84. The van der Waals surface area contributed by atoms with Crippen LogP contribution in [0.25, 0.3) is 0 Å². The number of piperidine rings is 1. The van der Waals surface area contributed by atoms with E-state index in [1.807, 2.05) is 19.3 Å². The van der Waals surface area contributed by atoms with Gasteiger partial charge >= 0.3 is 0 Å². The van der Waals surface area contributed by atoms with Crippen LogP contribution in [-0.2, 0) is 4.74 Å². The Hall–Kier alpha value is -0.910. The summed E-state index contributed by atoms with van der Waals surface area (Å²) < 4.78 is 6.03. The molecule has 0 aliphatic carbocycles. The fourth-order valence-corrected chi connectivity index (χ4v) is 2.82. The van der Waals surface area contributed by atoms with Crippen LogP contribution in [-0.4, -0.2) is 41.3 Å². The number of aromatic nitrogens is 2. The molecule has 0 bridgehead atoms. The summed E-state index contributed by atoms with van der Waals surface area (Å²) in [7, 11) is 0. The number of ether oxygens (including phenoxy) is 1. The van der Waals surface area contributed by atoms with Crippen LogP contribution >= 0.6 is 12.4 Å². The summed E-state index contributed by atoms with van der Waals surface area (Å²) in [6.07, 6.45) is 6.96. The van der Waals surface area contributed by atoms with Gasteiger partial charge in [-0.2, -0.15) is 0 Å². The molecule has 2 N–H and O–H groups in total. The number of rotatable bonds is 2. The van der Waals surface area contributed by atoms with Gasteiger partial charge in [-0.05, 0) is 44.8 Å². The van der Waals surface area contributed by atoms with E-state index in [2.05, 4.69) is 20.6 Å². The van der Waals surface area contributed by atoms with Crippen LogP contribution in [0.2, 0.25) is 0 Å². The molecule has 0 saturated carbocycles. The zero-order chi connectivity index (χ0) is 12.4. The Morgan fingerprint density at radius 1 is 1.32 bits per heavy atom. The van der Waals surface area contributed by atoms with E-state index in [4.69, 9.17) is 4.74 Å². The number of nitrogens with zero attached hydrogens (tertiary/aromatic N) is 2. The molecule has 2 aliphatic heterocycles. The van der Waals surface area contributed by atoms with Gasteiger partial charge in [0.15, 0.2) is 0 Å². The maximum atomic E-state index is 6.03. The molecule has 2 fully saturated rings. The van der Waals surface area contributed by atoms with E-state index in [0.717, 1.165) is 44.5 Å². The summed E-state index contributed by atoms with van der Waals surface area (Å²) in [5.74, 6) is 0.709. The first-order chi connectivity index (χ1) is 8.76. The molecule has 1 unspecified atom stereocenters. The highest BCUT2D eigenvalue weighted by Crippen LogP contribution is 2.34. The van der Waals surface area contributed by atoms with Crippen LogP contribution in [0.5, 0.6) is 0 Å². The Kier molecular flexibility index (Phi) is 4.60. The molecule has 0 radical (unpaired) electrons. The summed E-state index contributed by atoms with van der Waals surface area (Å²) in [5.41, 5.74) is 1.17. The number of hydrogen-bond acceptors (Lipinski definition) is 5. The first-order valence-electron chi connectivity index (χ1n) is 6.66. The van der Waals surface area contributed by atoms with E-state index in [1.54, 1.807) is 0 Å². The molecular formula is C13H21ClN4O. The Balaban J connectivity index is 0.00000133. The maximum Gasteiger partial charge on any atom is 0.222 e. The van der Waals surface area contributed by atoms with E-state index in [0.29, 0.717) is 12.0 Å². The van der Waals surface area contributed by atoms with Crippen LogP contribution in [0.3, 0.4) is 0 Å². The fraction of sp³-hybridized carbons (Fsp3) is 0.692. The van der Waals surface area contributed by atoms with Crippen molar-refractivity contribution in [3.63, 3.8) is 0 Å². The Morgan fingerprint density at radius 2 is 2.00 bits per heavy atom. The lowest BCUT2D eigenvalue weighted by Gasteiger charge is -2.32. The predicted molar refractivity (Wildman–Crippen MR) is 76.8 cm³/mol. The third kappa shape index (κ3) is 3.35. The first kappa shape index (κ1) is 14.5. The quantitative estimate of drug-likeness (QED) is 0.862. The van der Waals surface area contributed by atoms with E-state index in [-0.39, 0.29) is 18.0 Å². The highest BCUT2D eigenvalue weighted by molar-refractivity contribution is 5.85. The SMILES string of the molecule is Cc1cnc(NC2COC3(CCNCC3)C2)nc1.Cl. The average molecular weight is 285 g/mol. The van der Waals surface area contributed by atoms with Crippen molar-refractivity contribution in [2.75, 3.05) is 25.0 Å². The molecular weight excluding hydrogens is 264 g/mol. The predicted octanol–water partition coefficient (Wildman–Crippen LogP) is 1.53. The molecule has 0 aromatic carbocycles. The van der Waals surface area contributed by atoms with Gasteiger partial charge in [0, 0.05) is 12.4 Å². The monoisotopic (exact) mass is 284 g/mol. The van der Waals surface area contributed by atoms with Gasteiger partial charge in [-0.3, -0.25) is 0 Å². The van der Waals surface area contributed by atoms with Gasteiger partial charge in [-0.15, -0.1) is 12.4 Å². The van der Waals surface area contributed by atoms with Gasteiger partial charge in [-0.25, -0.2) is 9.97 Å². The minimum absolute atomic E-state index is 0. The fourth-order valence-electron chi connectivity index (χ4n) is 2.82. The smallest absolute Gasteiger partial charge is 0.222 e. The summed E-state index contributed by atoms with van der Waals surface area (Å²) in [6, 6.07) is 0.339.